The molecule has 5 aromatic rings. The van der Waals surface area contributed by atoms with Crippen molar-refractivity contribution in [1.29, 1.82) is 0 Å². The maximum atomic E-state index is 5.39. The number of benzene rings is 1. The number of fused-ring (bicyclic) bond motifs is 3. The summed E-state index contributed by atoms with van der Waals surface area (Å²) < 4.78 is 3.72. The van der Waals surface area contributed by atoms with Gasteiger partial charge in [0.2, 0.25) is 0 Å². The summed E-state index contributed by atoms with van der Waals surface area (Å²) in [6.07, 6.45) is 5.10. The predicted molar refractivity (Wildman–Crippen MR) is 114 cm³/mol. The van der Waals surface area contributed by atoms with E-state index in [1.807, 2.05) is 53.1 Å². The average molecular weight is 397 g/mol. The second kappa shape index (κ2) is 7.40. The first-order valence-corrected chi connectivity index (χ1v) is 9.56. The molecule has 0 saturated carbocycles. The molecule has 0 unspecified atom stereocenters. The van der Waals surface area contributed by atoms with Gasteiger partial charge in [0.25, 0.3) is 0 Å². The van der Waals surface area contributed by atoms with E-state index in [4.69, 9.17) is 4.84 Å². The van der Waals surface area contributed by atoms with Crippen molar-refractivity contribution >= 4 is 22.9 Å². The van der Waals surface area contributed by atoms with Gasteiger partial charge in [0.15, 0.2) is 23.7 Å². The lowest BCUT2D eigenvalue weighted by atomic mass is 10.2. The van der Waals surface area contributed by atoms with E-state index >= 15 is 0 Å². The molecule has 0 aliphatic carbocycles. The molecule has 148 valence electrons. The van der Waals surface area contributed by atoms with Gasteiger partial charge in [0.1, 0.15) is 12.1 Å². The van der Waals surface area contributed by atoms with Gasteiger partial charge in [-0.2, -0.15) is 0 Å². The average Bonchev–Trinajstić information content (AvgIpc) is 3.31. The van der Waals surface area contributed by atoms with Crippen LogP contribution in [0.5, 0.6) is 0 Å². The second-order valence-electron chi connectivity index (χ2n) is 6.89. The van der Waals surface area contributed by atoms with E-state index in [-0.39, 0.29) is 6.61 Å². The first-order chi connectivity index (χ1) is 14.7. The van der Waals surface area contributed by atoms with E-state index in [9.17, 15) is 0 Å². The lowest BCUT2D eigenvalue weighted by Gasteiger charge is -2.05. The van der Waals surface area contributed by atoms with Crippen LogP contribution in [-0.4, -0.2) is 35.3 Å². The molecule has 8 nitrogen and oxygen atoms in total. The van der Waals surface area contributed by atoms with Crippen LogP contribution in [0.1, 0.15) is 22.6 Å². The molecule has 0 radical (unpaired) electrons. The number of aryl methyl sites for hydroxylation is 1. The normalized spacial score (nSPS) is 11.7. The molecule has 4 aromatic heterocycles. The third-order valence-corrected chi connectivity index (χ3v) is 5.02. The van der Waals surface area contributed by atoms with E-state index < -0.39 is 0 Å². The Morgan fingerprint density at radius 2 is 1.83 bits per heavy atom. The Hall–Kier alpha value is -4.07. The Kier molecular flexibility index (Phi) is 4.44. The van der Waals surface area contributed by atoms with Crippen LogP contribution in [0, 0.1) is 13.8 Å². The van der Waals surface area contributed by atoms with Crippen LogP contribution in [-0.2, 0) is 11.4 Å². The lowest BCUT2D eigenvalue weighted by Crippen LogP contribution is -2.01. The smallest absolute Gasteiger partial charge is 0.192 e. The van der Waals surface area contributed by atoms with Crippen molar-refractivity contribution in [3.05, 3.63) is 83.7 Å². The zero-order valence-electron chi connectivity index (χ0n) is 16.6. The van der Waals surface area contributed by atoms with E-state index in [0.717, 1.165) is 39.3 Å². The van der Waals surface area contributed by atoms with Gasteiger partial charge in [-0.1, -0.05) is 41.6 Å². The molecule has 0 N–H and O–H groups in total. The fraction of sp³-hybridized carbons (Fsp3) is 0.136. The quantitative estimate of drug-likeness (QED) is 0.334. The Morgan fingerprint density at radius 3 is 2.63 bits per heavy atom. The maximum Gasteiger partial charge on any atom is 0.192 e. The highest BCUT2D eigenvalue weighted by Gasteiger charge is 2.19. The standard InChI is InChI=1S/C22H19N7O/c1-15-16(2)29(19-10-6-7-11-23-19)21-20(15)22-26-18(27-28(22)14-24-21)13-30-25-12-17-8-4-3-5-9-17/h3-12,14H,13H2,1-2H3. The Labute approximate surface area is 172 Å². The van der Waals surface area contributed by atoms with Gasteiger partial charge in [-0.05, 0) is 37.1 Å². The first kappa shape index (κ1) is 18.0. The molecule has 0 saturated heterocycles. The zero-order valence-corrected chi connectivity index (χ0v) is 16.6. The fourth-order valence-corrected chi connectivity index (χ4v) is 3.46. The molecule has 0 spiro atoms. The highest BCUT2D eigenvalue weighted by molar-refractivity contribution is 5.94. The first-order valence-electron chi connectivity index (χ1n) is 9.56. The zero-order chi connectivity index (χ0) is 20.5. The summed E-state index contributed by atoms with van der Waals surface area (Å²) in [5, 5.41) is 9.43. The highest BCUT2D eigenvalue weighted by atomic mass is 16.6. The van der Waals surface area contributed by atoms with E-state index in [2.05, 4.69) is 39.1 Å². The molecular formula is C22H19N7O. The number of nitrogens with zero attached hydrogens (tertiary/aromatic N) is 7. The van der Waals surface area contributed by atoms with Crippen molar-refractivity contribution < 1.29 is 4.84 Å². The molecule has 0 bridgehead atoms. The second-order valence-corrected chi connectivity index (χ2v) is 6.89. The highest BCUT2D eigenvalue weighted by Crippen LogP contribution is 2.28. The Bertz CT molecular complexity index is 1350. The van der Waals surface area contributed by atoms with Crippen LogP contribution in [0.15, 0.2) is 66.2 Å². The van der Waals surface area contributed by atoms with Crippen molar-refractivity contribution in [3.63, 3.8) is 0 Å². The molecule has 5 rings (SSSR count). The number of rotatable bonds is 5. The van der Waals surface area contributed by atoms with Crippen LogP contribution in [0.4, 0.5) is 0 Å². The number of oxime groups is 1. The minimum absolute atomic E-state index is 0.172. The van der Waals surface area contributed by atoms with Crippen LogP contribution < -0.4 is 0 Å². The molecule has 0 aliphatic rings. The summed E-state index contributed by atoms with van der Waals surface area (Å²) in [4.78, 5) is 19.2. The third kappa shape index (κ3) is 3.08. The molecular weight excluding hydrogens is 378 g/mol. The summed E-state index contributed by atoms with van der Waals surface area (Å²) in [6, 6.07) is 15.6. The molecule has 0 fully saturated rings. The molecule has 30 heavy (non-hydrogen) atoms. The summed E-state index contributed by atoms with van der Waals surface area (Å²) in [6.45, 7) is 4.29. The van der Waals surface area contributed by atoms with E-state index in [1.165, 1.54) is 0 Å². The number of aromatic nitrogens is 6. The lowest BCUT2D eigenvalue weighted by molar-refractivity contribution is 0.126. The molecule has 0 atom stereocenters. The summed E-state index contributed by atoms with van der Waals surface area (Å²) in [5.41, 5.74) is 4.67. The van der Waals surface area contributed by atoms with Crippen molar-refractivity contribution in [1.82, 2.24) is 29.1 Å². The van der Waals surface area contributed by atoms with Crippen molar-refractivity contribution in [3.8, 4) is 5.82 Å². The number of hydrogen-bond donors (Lipinski definition) is 0. The number of hydrogen-bond acceptors (Lipinski definition) is 6. The Balaban J connectivity index is 1.49. The molecule has 1 aromatic carbocycles. The van der Waals surface area contributed by atoms with Gasteiger partial charge >= 0.3 is 0 Å². The third-order valence-electron chi connectivity index (χ3n) is 5.02. The van der Waals surface area contributed by atoms with Crippen molar-refractivity contribution in [2.24, 2.45) is 5.16 Å². The van der Waals surface area contributed by atoms with E-state index in [0.29, 0.717) is 5.82 Å². The van der Waals surface area contributed by atoms with Gasteiger partial charge in [0.05, 0.1) is 11.6 Å². The van der Waals surface area contributed by atoms with Gasteiger partial charge in [-0.3, -0.25) is 4.57 Å². The van der Waals surface area contributed by atoms with Crippen molar-refractivity contribution in [2.45, 2.75) is 20.5 Å². The van der Waals surface area contributed by atoms with Gasteiger partial charge in [-0.15, -0.1) is 5.10 Å². The monoisotopic (exact) mass is 397 g/mol. The van der Waals surface area contributed by atoms with E-state index in [1.54, 1.807) is 23.3 Å². The van der Waals surface area contributed by atoms with Crippen LogP contribution in [0.2, 0.25) is 0 Å². The number of pyridine rings is 1. The minimum Gasteiger partial charge on any atom is -0.387 e. The van der Waals surface area contributed by atoms with Gasteiger partial charge in [-0.25, -0.2) is 19.5 Å². The van der Waals surface area contributed by atoms with Crippen molar-refractivity contribution in [2.75, 3.05) is 0 Å². The topological polar surface area (TPSA) is 82.5 Å². The SMILES string of the molecule is Cc1c(C)n(-c2ccccn2)c2ncn3nc(CON=Cc4ccccc4)nc3c12. The summed E-state index contributed by atoms with van der Waals surface area (Å²) >= 11 is 0. The molecule has 8 heteroatoms. The Morgan fingerprint density at radius 1 is 1.00 bits per heavy atom. The summed E-state index contributed by atoms with van der Waals surface area (Å²) in [7, 11) is 0. The predicted octanol–water partition coefficient (Wildman–Crippen LogP) is 3.63. The maximum absolute atomic E-state index is 5.39. The van der Waals surface area contributed by atoms with Crippen LogP contribution in [0.25, 0.3) is 22.5 Å². The van der Waals surface area contributed by atoms with Gasteiger partial charge < -0.3 is 4.84 Å². The molecule has 4 heterocycles. The largest absolute Gasteiger partial charge is 0.387 e. The molecule has 0 aliphatic heterocycles. The van der Waals surface area contributed by atoms with Crippen LogP contribution >= 0.6 is 0 Å². The molecule has 0 amide bonds. The summed E-state index contributed by atoms with van der Waals surface area (Å²) in [5.74, 6) is 1.36. The van der Waals surface area contributed by atoms with Gasteiger partial charge in [0, 0.05) is 11.9 Å². The minimum atomic E-state index is 0.172. The fourth-order valence-electron chi connectivity index (χ4n) is 3.46. The van der Waals surface area contributed by atoms with Crippen LogP contribution in [0.3, 0.4) is 0 Å².